The Hall–Kier alpha value is -2.69. The van der Waals surface area contributed by atoms with Gasteiger partial charge in [-0.1, -0.05) is 12.1 Å². The topological polar surface area (TPSA) is 50.8 Å². The highest BCUT2D eigenvalue weighted by Crippen LogP contribution is 2.37. The van der Waals surface area contributed by atoms with E-state index in [1.807, 2.05) is 48.2 Å². The van der Waals surface area contributed by atoms with E-state index in [-0.39, 0.29) is 12.1 Å². The minimum absolute atomic E-state index is 0.0429. The van der Waals surface area contributed by atoms with Crippen LogP contribution in [-0.2, 0) is 0 Å². The first kappa shape index (κ1) is 18.1. The van der Waals surface area contributed by atoms with Gasteiger partial charge >= 0.3 is 6.03 Å². The fraction of sp³-hybridized carbons (Fsp3) is 0.381. The summed E-state index contributed by atoms with van der Waals surface area (Å²) in [5, 5.41) is 3.03. The summed E-state index contributed by atoms with van der Waals surface area (Å²) in [6.07, 6.45) is 1.93. The molecule has 1 fully saturated rings. The molecule has 2 amide bonds. The van der Waals surface area contributed by atoms with E-state index in [1.165, 1.54) is 11.1 Å². The highest BCUT2D eigenvalue weighted by Gasteiger charge is 2.30. The molecule has 1 saturated heterocycles. The molecule has 5 heteroatoms. The van der Waals surface area contributed by atoms with Crippen LogP contribution in [0.2, 0.25) is 0 Å². The van der Waals surface area contributed by atoms with Gasteiger partial charge in [0.15, 0.2) is 11.5 Å². The lowest BCUT2D eigenvalue weighted by Crippen LogP contribution is -2.34. The Bertz CT molecular complexity index is 804. The number of ether oxygens (including phenoxy) is 2. The van der Waals surface area contributed by atoms with Crippen molar-refractivity contribution in [1.82, 2.24) is 4.90 Å². The Balaban J connectivity index is 1.79. The standard InChI is InChI=1S/C21H26N2O3/c1-14-7-9-17(12-15(14)2)22-21(24)23-11-5-6-18(23)16-8-10-19(25-3)20(13-16)26-4/h7-10,12-13,18H,5-6,11H2,1-4H3,(H,22,24)/t18-/m1/s1. The van der Waals surface area contributed by atoms with Crippen LogP contribution in [0.5, 0.6) is 11.5 Å². The summed E-state index contributed by atoms with van der Waals surface area (Å²) in [6, 6.07) is 11.8. The average molecular weight is 354 g/mol. The molecule has 138 valence electrons. The van der Waals surface area contributed by atoms with E-state index in [4.69, 9.17) is 9.47 Å². The summed E-state index contributed by atoms with van der Waals surface area (Å²) in [4.78, 5) is 14.7. The van der Waals surface area contributed by atoms with Gasteiger partial charge in [0.2, 0.25) is 0 Å². The Morgan fingerprint density at radius 2 is 1.81 bits per heavy atom. The number of urea groups is 1. The molecule has 0 aliphatic carbocycles. The number of methoxy groups -OCH3 is 2. The fourth-order valence-electron chi connectivity index (χ4n) is 3.43. The number of hydrogen-bond donors (Lipinski definition) is 1. The van der Waals surface area contributed by atoms with Crippen LogP contribution >= 0.6 is 0 Å². The van der Waals surface area contributed by atoms with E-state index >= 15 is 0 Å². The molecule has 2 aromatic carbocycles. The zero-order valence-corrected chi connectivity index (χ0v) is 15.8. The number of nitrogens with zero attached hydrogens (tertiary/aromatic N) is 1. The van der Waals surface area contributed by atoms with Gasteiger partial charge in [-0.05, 0) is 67.6 Å². The molecule has 1 aliphatic heterocycles. The lowest BCUT2D eigenvalue weighted by atomic mass is 10.0. The van der Waals surface area contributed by atoms with Crippen molar-refractivity contribution in [3.63, 3.8) is 0 Å². The molecule has 1 atom stereocenters. The van der Waals surface area contributed by atoms with Crippen molar-refractivity contribution in [1.29, 1.82) is 0 Å². The lowest BCUT2D eigenvalue weighted by molar-refractivity contribution is 0.207. The normalized spacial score (nSPS) is 16.5. The van der Waals surface area contributed by atoms with Crippen LogP contribution < -0.4 is 14.8 Å². The van der Waals surface area contributed by atoms with E-state index in [1.54, 1.807) is 14.2 Å². The number of likely N-dealkylation sites (tertiary alicyclic amines) is 1. The molecule has 1 N–H and O–H groups in total. The third kappa shape index (κ3) is 3.62. The van der Waals surface area contributed by atoms with Crippen molar-refractivity contribution >= 4 is 11.7 Å². The van der Waals surface area contributed by atoms with Gasteiger partial charge in [0.25, 0.3) is 0 Å². The van der Waals surface area contributed by atoms with Gasteiger partial charge in [-0.25, -0.2) is 4.79 Å². The summed E-state index contributed by atoms with van der Waals surface area (Å²) in [5.74, 6) is 1.38. The zero-order chi connectivity index (χ0) is 18.7. The molecule has 0 saturated carbocycles. The highest BCUT2D eigenvalue weighted by molar-refractivity contribution is 5.90. The first-order valence-corrected chi connectivity index (χ1v) is 8.90. The van der Waals surface area contributed by atoms with Crippen molar-refractivity contribution in [2.75, 3.05) is 26.1 Å². The second-order valence-corrected chi connectivity index (χ2v) is 6.70. The number of carbonyl (C=O) groups excluding carboxylic acids is 1. The number of rotatable bonds is 4. The van der Waals surface area contributed by atoms with Gasteiger partial charge in [0.05, 0.1) is 20.3 Å². The zero-order valence-electron chi connectivity index (χ0n) is 15.8. The summed E-state index contributed by atoms with van der Waals surface area (Å²) >= 11 is 0. The monoisotopic (exact) mass is 354 g/mol. The molecule has 0 unspecified atom stereocenters. The van der Waals surface area contributed by atoms with Crippen molar-refractivity contribution in [3.8, 4) is 11.5 Å². The van der Waals surface area contributed by atoms with E-state index in [0.29, 0.717) is 11.5 Å². The van der Waals surface area contributed by atoms with Gasteiger partial charge in [-0.3, -0.25) is 0 Å². The molecule has 2 aromatic rings. The van der Waals surface area contributed by atoms with E-state index < -0.39 is 0 Å². The number of carbonyl (C=O) groups is 1. The third-order valence-electron chi connectivity index (χ3n) is 5.06. The van der Waals surface area contributed by atoms with Crippen LogP contribution in [0.25, 0.3) is 0 Å². The minimum Gasteiger partial charge on any atom is -0.493 e. The van der Waals surface area contributed by atoms with Crippen LogP contribution in [-0.4, -0.2) is 31.7 Å². The maximum Gasteiger partial charge on any atom is 0.322 e. The average Bonchev–Trinajstić information content (AvgIpc) is 3.14. The van der Waals surface area contributed by atoms with Crippen LogP contribution in [0.4, 0.5) is 10.5 Å². The number of benzene rings is 2. The second-order valence-electron chi connectivity index (χ2n) is 6.70. The predicted molar refractivity (Wildman–Crippen MR) is 103 cm³/mol. The molecular weight excluding hydrogens is 328 g/mol. The molecule has 26 heavy (non-hydrogen) atoms. The summed E-state index contributed by atoms with van der Waals surface area (Å²) < 4.78 is 10.7. The SMILES string of the molecule is COc1ccc([C@H]2CCCN2C(=O)Nc2ccc(C)c(C)c2)cc1OC. The molecule has 1 aliphatic rings. The van der Waals surface area contributed by atoms with Crippen LogP contribution in [0, 0.1) is 13.8 Å². The van der Waals surface area contributed by atoms with Crippen LogP contribution in [0.1, 0.15) is 35.6 Å². The molecule has 5 nitrogen and oxygen atoms in total. The Kier molecular flexibility index (Phi) is 5.35. The number of aryl methyl sites for hydroxylation is 2. The van der Waals surface area contributed by atoms with E-state index in [9.17, 15) is 4.79 Å². The third-order valence-corrected chi connectivity index (χ3v) is 5.06. The first-order valence-electron chi connectivity index (χ1n) is 8.90. The van der Waals surface area contributed by atoms with E-state index in [0.717, 1.165) is 30.6 Å². The molecule has 0 radical (unpaired) electrons. The largest absolute Gasteiger partial charge is 0.493 e. The Morgan fingerprint density at radius 3 is 2.50 bits per heavy atom. The summed E-state index contributed by atoms with van der Waals surface area (Å²) in [5.41, 5.74) is 4.28. The van der Waals surface area contributed by atoms with Crippen molar-refractivity contribution < 1.29 is 14.3 Å². The quantitative estimate of drug-likeness (QED) is 0.866. The van der Waals surface area contributed by atoms with Gasteiger partial charge in [0.1, 0.15) is 0 Å². The second kappa shape index (κ2) is 7.68. The fourth-order valence-corrected chi connectivity index (χ4v) is 3.43. The Labute approximate surface area is 154 Å². The van der Waals surface area contributed by atoms with Crippen LogP contribution in [0.15, 0.2) is 36.4 Å². The predicted octanol–water partition coefficient (Wildman–Crippen LogP) is 4.69. The van der Waals surface area contributed by atoms with Crippen LogP contribution in [0.3, 0.4) is 0 Å². The minimum atomic E-state index is -0.0643. The molecule has 3 rings (SSSR count). The number of amides is 2. The maximum absolute atomic E-state index is 12.8. The Morgan fingerprint density at radius 1 is 1.04 bits per heavy atom. The molecule has 1 heterocycles. The van der Waals surface area contributed by atoms with Gasteiger partial charge in [0, 0.05) is 12.2 Å². The molecule has 0 bridgehead atoms. The highest BCUT2D eigenvalue weighted by atomic mass is 16.5. The first-order chi connectivity index (χ1) is 12.5. The maximum atomic E-state index is 12.8. The van der Waals surface area contributed by atoms with Gasteiger partial charge in [-0.2, -0.15) is 0 Å². The molecule has 0 spiro atoms. The summed E-state index contributed by atoms with van der Waals surface area (Å²) in [6.45, 7) is 4.86. The lowest BCUT2D eigenvalue weighted by Gasteiger charge is -2.26. The van der Waals surface area contributed by atoms with Gasteiger partial charge < -0.3 is 19.7 Å². The number of anilines is 1. The molecule has 0 aromatic heterocycles. The number of nitrogens with one attached hydrogen (secondary N) is 1. The van der Waals surface area contributed by atoms with Crippen molar-refractivity contribution in [2.24, 2.45) is 0 Å². The van der Waals surface area contributed by atoms with Crippen molar-refractivity contribution in [2.45, 2.75) is 32.7 Å². The number of hydrogen-bond acceptors (Lipinski definition) is 3. The van der Waals surface area contributed by atoms with Gasteiger partial charge in [-0.15, -0.1) is 0 Å². The van der Waals surface area contributed by atoms with Crippen molar-refractivity contribution in [3.05, 3.63) is 53.1 Å². The summed E-state index contributed by atoms with van der Waals surface area (Å²) in [7, 11) is 3.25. The smallest absolute Gasteiger partial charge is 0.322 e. The van der Waals surface area contributed by atoms with E-state index in [2.05, 4.69) is 12.2 Å². The molecular formula is C21H26N2O3.